The molecule has 18 heavy (non-hydrogen) atoms. The smallest absolute Gasteiger partial charge is 0.316 e. The van der Waals surface area contributed by atoms with Crippen LogP contribution in [0.15, 0.2) is 0 Å². The number of nitrogens with one attached hydrogen (secondary N) is 2. The van der Waals surface area contributed by atoms with Crippen molar-refractivity contribution < 1.29 is 21.6 Å². The summed E-state index contributed by atoms with van der Waals surface area (Å²) in [5, 5.41) is 3.13. The van der Waals surface area contributed by atoms with Gasteiger partial charge < -0.3 is 5.32 Å². The summed E-state index contributed by atoms with van der Waals surface area (Å²) in [6.45, 7) is 3.35. The molecule has 0 saturated carbocycles. The summed E-state index contributed by atoms with van der Waals surface area (Å²) in [5.41, 5.74) is 0. The van der Waals surface area contributed by atoms with E-state index in [9.17, 15) is 21.6 Å². The Morgan fingerprint density at radius 1 is 1.39 bits per heavy atom. The lowest BCUT2D eigenvalue weighted by molar-refractivity contribution is -0.134. The van der Waals surface area contributed by atoms with Gasteiger partial charge in [-0.2, -0.15) is 13.2 Å². The molecule has 0 radical (unpaired) electrons. The molecule has 8 heteroatoms. The quantitative estimate of drug-likeness (QED) is 0.800. The second kappa shape index (κ2) is 6.21. The van der Waals surface area contributed by atoms with Gasteiger partial charge in [-0.1, -0.05) is 6.92 Å². The Hall–Kier alpha value is -0.340. The molecule has 1 fully saturated rings. The van der Waals surface area contributed by atoms with Crippen molar-refractivity contribution in [2.24, 2.45) is 5.92 Å². The van der Waals surface area contributed by atoms with E-state index in [2.05, 4.69) is 10.0 Å². The standard InChI is InChI=1S/C10H19F3N2O2S/c1-8-7-14-5-3-9(8)15-18(16,17)6-2-4-10(11,12)13/h8-9,14-15H,2-7H2,1H3/t8-,9-/m0/s1. The number of hydrogen-bond donors (Lipinski definition) is 2. The molecule has 1 heterocycles. The fourth-order valence-electron chi connectivity index (χ4n) is 1.94. The first-order valence-electron chi connectivity index (χ1n) is 5.97. The van der Waals surface area contributed by atoms with Crippen molar-refractivity contribution in [3.63, 3.8) is 0 Å². The van der Waals surface area contributed by atoms with Crippen LogP contribution in [-0.2, 0) is 10.0 Å². The Balaban J connectivity index is 2.39. The number of halogens is 3. The average molecular weight is 288 g/mol. The summed E-state index contributed by atoms with van der Waals surface area (Å²) >= 11 is 0. The summed E-state index contributed by atoms with van der Waals surface area (Å²) in [4.78, 5) is 0. The molecule has 108 valence electrons. The molecular formula is C10H19F3N2O2S. The van der Waals surface area contributed by atoms with Gasteiger partial charge in [-0.15, -0.1) is 0 Å². The first-order chi connectivity index (χ1) is 8.20. The van der Waals surface area contributed by atoms with E-state index in [0.717, 1.165) is 13.1 Å². The molecule has 4 nitrogen and oxygen atoms in total. The fraction of sp³-hybridized carbons (Fsp3) is 1.00. The highest BCUT2D eigenvalue weighted by Crippen LogP contribution is 2.21. The summed E-state index contributed by atoms with van der Waals surface area (Å²) in [6.07, 6.45) is -5.08. The molecule has 0 unspecified atom stereocenters. The highest BCUT2D eigenvalue weighted by atomic mass is 32.2. The Kier molecular flexibility index (Phi) is 5.42. The van der Waals surface area contributed by atoms with Crippen LogP contribution in [0.25, 0.3) is 0 Å². The van der Waals surface area contributed by atoms with E-state index < -0.39 is 34.8 Å². The minimum atomic E-state index is -4.29. The fourth-order valence-corrected chi connectivity index (χ4v) is 3.40. The lowest BCUT2D eigenvalue weighted by Crippen LogP contribution is -2.48. The molecule has 1 aliphatic heterocycles. The van der Waals surface area contributed by atoms with Crippen molar-refractivity contribution in [2.75, 3.05) is 18.8 Å². The lowest BCUT2D eigenvalue weighted by Gasteiger charge is -2.29. The third-order valence-corrected chi connectivity index (χ3v) is 4.48. The molecule has 0 aromatic carbocycles. The lowest BCUT2D eigenvalue weighted by atomic mass is 9.97. The van der Waals surface area contributed by atoms with Crippen molar-refractivity contribution >= 4 is 10.0 Å². The van der Waals surface area contributed by atoms with Gasteiger partial charge in [-0.05, 0) is 31.8 Å². The first-order valence-corrected chi connectivity index (χ1v) is 7.62. The number of piperidine rings is 1. The van der Waals surface area contributed by atoms with Crippen LogP contribution in [0.1, 0.15) is 26.2 Å². The first kappa shape index (κ1) is 15.7. The molecule has 0 aliphatic carbocycles. The van der Waals surface area contributed by atoms with Gasteiger partial charge in [0, 0.05) is 12.5 Å². The molecular weight excluding hydrogens is 269 g/mol. The van der Waals surface area contributed by atoms with E-state index >= 15 is 0 Å². The largest absolute Gasteiger partial charge is 0.389 e. The zero-order valence-electron chi connectivity index (χ0n) is 10.3. The minimum Gasteiger partial charge on any atom is -0.316 e. The third kappa shape index (κ3) is 6.01. The minimum absolute atomic E-state index is 0.149. The number of alkyl halides is 3. The van der Waals surface area contributed by atoms with Crippen molar-refractivity contribution in [1.29, 1.82) is 0 Å². The van der Waals surface area contributed by atoms with Crippen molar-refractivity contribution in [3.8, 4) is 0 Å². The van der Waals surface area contributed by atoms with Crippen LogP contribution >= 0.6 is 0 Å². The van der Waals surface area contributed by atoms with Crippen LogP contribution in [0.2, 0.25) is 0 Å². The molecule has 0 aromatic heterocycles. The van der Waals surface area contributed by atoms with Gasteiger partial charge in [0.05, 0.1) is 5.75 Å². The van der Waals surface area contributed by atoms with Crippen molar-refractivity contribution in [1.82, 2.24) is 10.0 Å². The van der Waals surface area contributed by atoms with Gasteiger partial charge in [0.15, 0.2) is 0 Å². The van der Waals surface area contributed by atoms with Crippen LogP contribution < -0.4 is 10.0 Å². The highest BCUT2D eigenvalue weighted by Gasteiger charge is 2.29. The molecule has 2 atom stereocenters. The number of sulfonamides is 1. The van der Waals surface area contributed by atoms with E-state index in [0.29, 0.717) is 6.42 Å². The monoisotopic (exact) mass is 288 g/mol. The highest BCUT2D eigenvalue weighted by molar-refractivity contribution is 7.89. The van der Waals surface area contributed by atoms with Crippen LogP contribution in [0.3, 0.4) is 0 Å². The predicted molar refractivity (Wildman–Crippen MR) is 62.7 cm³/mol. The van der Waals surface area contributed by atoms with E-state index in [1.807, 2.05) is 6.92 Å². The van der Waals surface area contributed by atoms with E-state index in [-0.39, 0.29) is 12.0 Å². The van der Waals surface area contributed by atoms with Crippen molar-refractivity contribution in [3.05, 3.63) is 0 Å². The van der Waals surface area contributed by atoms with Gasteiger partial charge >= 0.3 is 6.18 Å². The maximum atomic E-state index is 11.9. The van der Waals surface area contributed by atoms with Gasteiger partial charge in [-0.3, -0.25) is 0 Å². The zero-order chi connectivity index (χ0) is 13.8. The predicted octanol–water partition coefficient (Wildman–Crippen LogP) is 1.25. The molecule has 0 amide bonds. The molecule has 0 aromatic rings. The Labute approximate surface area is 105 Å². The maximum absolute atomic E-state index is 11.9. The second-order valence-electron chi connectivity index (χ2n) is 4.73. The molecule has 2 N–H and O–H groups in total. The number of rotatable bonds is 5. The Bertz CT molecular complexity index is 357. The van der Waals surface area contributed by atoms with E-state index in [1.165, 1.54) is 0 Å². The van der Waals surface area contributed by atoms with E-state index in [4.69, 9.17) is 0 Å². The third-order valence-electron chi connectivity index (χ3n) is 2.99. The summed E-state index contributed by atoms with van der Waals surface area (Å²) in [6, 6.07) is -0.179. The Morgan fingerprint density at radius 3 is 2.61 bits per heavy atom. The summed E-state index contributed by atoms with van der Waals surface area (Å²) in [7, 11) is -3.61. The van der Waals surface area contributed by atoms with Crippen LogP contribution in [0.4, 0.5) is 13.2 Å². The number of hydrogen-bond acceptors (Lipinski definition) is 3. The topological polar surface area (TPSA) is 58.2 Å². The van der Waals surface area contributed by atoms with Gasteiger partial charge in [0.2, 0.25) is 10.0 Å². The molecule has 1 aliphatic rings. The average Bonchev–Trinajstić information content (AvgIpc) is 2.18. The molecule has 1 rings (SSSR count). The normalized spacial score (nSPS) is 26.2. The zero-order valence-corrected chi connectivity index (χ0v) is 11.1. The Morgan fingerprint density at radius 2 is 2.06 bits per heavy atom. The van der Waals surface area contributed by atoms with Crippen LogP contribution in [0.5, 0.6) is 0 Å². The maximum Gasteiger partial charge on any atom is 0.389 e. The van der Waals surface area contributed by atoms with Crippen LogP contribution in [0, 0.1) is 5.92 Å². The van der Waals surface area contributed by atoms with Gasteiger partial charge in [0.25, 0.3) is 0 Å². The summed E-state index contributed by atoms with van der Waals surface area (Å²) in [5.74, 6) is -0.320. The summed E-state index contributed by atoms with van der Waals surface area (Å²) < 4.78 is 61.5. The van der Waals surface area contributed by atoms with Gasteiger partial charge in [0.1, 0.15) is 0 Å². The SMILES string of the molecule is C[C@H]1CNCC[C@@H]1NS(=O)(=O)CCCC(F)(F)F. The molecule has 0 spiro atoms. The van der Waals surface area contributed by atoms with Crippen LogP contribution in [-0.4, -0.2) is 39.5 Å². The second-order valence-corrected chi connectivity index (χ2v) is 6.61. The molecule has 0 bridgehead atoms. The van der Waals surface area contributed by atoms with E-state index in [1.54, 1.807) is 0 Å². The van der Waals surface area contributed by atoms with Gasteiger partial charge in [-0.25, -0.2) is 13.1 Å². The molecule has 1 saturated heterocycles. The van der Waals surface area contributed by atoms with Crippen molar-refractivity contribution in [2.45, 2.75) is 38.4 Å².